The Balaban J connectivity index is 2.07. The van der Waals surface area contributed by atoms with E-state index in [0.29, 0.717) is 11.6 Å². The van der Waals surface area contributed by atoms with Gasteiger partial charge >= 0.3 is 12.1 Å². The molecule has 0 unspecified atom stereocenters. The molecule has 1 aliphatic heterocycles. The number of carboxylic acids is 1. The van der Waals surface area contributed by atoms with E-state index in [-0.39, 0.29) is 13.1 Å². The second-order valence-corrected chi connectivity index (χ2v) is 5.95. The summed E-state index contributed by atoms with van der Waals surface area (Å²) in [7, 11) is 0. The zero-order valence-electron chi connectivity index (χ0n) is 9.65. The predicted molar refractivity (Wildman–Crippen MR) is 65.3 cm³/mol. The first-order chi connectivity index (χ1) is 8.77. The van der Waals surface area contributed by atoms with Crippen molar-refractivity contribution >= 4 is 28.9 Å². The zero-order chi connectivity index (χ0) is 14.2. The minimum atomic E-state index is -4.48. The van der Waals surface area contributed by atoms with Gasteiger partial charge in [-0.1, -0.05) is 11.6 Å². The normalized spacial score (nSPS) is 24.8. The highest BCUT2D eigenvalue weighted by Crippen LogP contribution is 2.38. The summed E-state index contributed by atoms with van der Waals surface area (Å²) in [6.07, 6.45) is -4.48. The Morgan fingerprint density at radius 3 is 2.63 bits per heavy atom. The number of rotatable bonds is 3. The minimum absolute atomic E-state index is 0.0883. The van der Waals surface area contributed by atoms with E-state index in [1.54, 1.807) is 11.4 Å². The molecule has 1 aromatic rings. The molecule has 8 heteroatoms. The summed E-state index contributed by atoms with van der Waals surface area (Å²) in [4.78, 5) is 13.3. The fourth-order valence-corrected chi connectivity index (χ4v) is 3.37. The third-order valence-corrected chi connectivity index (χ3v) is 4.40. The molecule has 0 aliphatic carbocycles. The van der Waals surface area contributed by atoms with Crippen molar-refractivity contribution in [3.8, 4) is 0 Å². The van der Waals surface area contributed by atoms with Crippen LogP contribution in [-0.2, 0) is 11.3 Å². The van der Waals surface area contributed by atoms with E-state index in [0.717, 1.165) is 4.88 Å². The Bertz CT molecular complexity index is 477. The molecule has 0 bridgehead atoms. The van der Waals surface area contributed by atoms with Crippen molar-refractivity contribution in [2.24, 2.45) is 11.8 Å². The second-order valence-electron chi connectivity index (χ2n) is 4.52. The molecule has 19 heavy (non-hydrogen) atoms. The monoisotopic (exact) mass is 313 g/mol. The molecule has 1 aromatic heterocycles. The molecule has 1 fully saturated rings. The highest BCUT2D eigenvalue weighted by molar-refractivity contribution is 7.10. The number of carbonyl (C=O) groups is 1. The molecule has 0 aromatic carbocycles. The third kappa shape index (κ3) is 3.40. The molecule has 2 rings (SSSR count). The van der Waals surface area contributed by atoms with Gasteiger partial charge in [-0.05, 0) is 6.07 Å². The van der Waals surface area contributed by atoms with Crippen LogP contribution in [-0.4, -0.2) is 35.2 Å². The summed E-state index contributed by atoms with van der Waals surface area (Å²) in [5.41, 5.74) is 0. The molecule has 2 heterocycles. The maximum absolute atomic E-state index is 12.8. The summed E-state index contributed by atoms with van der Waals surface area (Å²) in [6, 6.07) is 1.68. The lowest BCUT2D eigenvalue weighted by atomic mass is 9.96. The molecule has 1 N–H and O–H groups in total. The van der Waals surface area contributed by atoms with Gasteiger partial charge in [0, 0.05) is 29.9 Å². The first-order valence-corrected chi connectivity index (χ1v) is 6.78. The van der Waals surface area contributed by atoms with E-state index in [9.17, 15) is 18.0 Å². The average molecular weight is 314 g/mol. The van der Waals surface area contributed by atoms with Gasteiger partial charge in [-0.15, -0.1) is 11.3 Å². The number of hydrogen-bond acceptors (Lipinski definition) is 3. The van der Waals surface area contributed by atoms with Crippen LogP contribution in [0.2, 0.25) is 5.02 Å². The zero-order valence-corrected chi connectivity index (χ0v) is 11.2. The van der Waals surface area contributed by atoms with Gasteiger partial charge in [-0.2, -0.15) is 13.2 Å². The smallest absolute Gasteiger partial charge is 0.393 e. The SMILES string of the molecule is O=C(O)[C@@H]1CN(Cc2cc(Cl)cs2)C[C@H]1C(F)(F)F. The molecule has 2 atom stereocenters. The number of carboxylic acid groups (broad SMARTS) is 1. The van der Waals surface area contributed by atoms with E-state index >= 15 is 0 Å². The van der Waals surface area contributed by atoms with Gasteiger partial charge in [0.1, 0.15) is 0 Å². The van der Waals surface area contributed by atoms with Gasteiger partial charge in [0.2, 0.25) is 0 Å². The maximum Gasteiger partial charge on any atom is 0.393 e. The molecular formula is C11H11ClF3NO2S. The van der Waals surface area contributed by atoms with Gasteiger partial charge < -0.3 is 5.11 Å². The number of aliphatic carboxylic acids is 1. The van der Waals surface area contributed by atoms with E-state index in [1.807, 2.05) is 0 Å². The maximum atomic E-state index is 12.8. The summed E-state index contributed by atoms with van der Waals surface area (Å²) in [5, 5.41) is 11.1. The number of nitrogens with zero attached hydrogens (tertiary/aromatic N) is 1. The van der Waals surface area contributed by atoms with Crippen molar-refractivity contribution in [1.82, 2.24) is 4.90 Å². The van der Waals surface area contributed by atoms with Crippen molar-refractivity contribution in [3.05, 3.63) is 21.3 Å². The fraction of sp³-hybridized carbons (Fsp3) is 0.545. The number of alkyl halides is 3. The Morgan fingerprint density at radius 2 is 2.21 bits per heavy atom. The Kier molecular flexibility index (Phi) is 4.08. The van der Waals surface area contributed by atoms with Crippen LogP contribution < -0.4 is 0 Å². The molecule has 106 valence electrons. The molecule has 1 saturated heterocycles. The second kappa shape index (κ2) is 5.30. The predicted octanol–water partition coefficient (Wildman–Crippen LogP) is 3.10. The summed E-state index contributed by atoms with van der Waals surface area (Å²) in [6.45, 7) is -0.0707. The van der Waals surface area contributed by atoms with Crippen LogP contribution in [0.15, 0.2) is 11.4 Å². The lowest BCUT2D eigenvalue weighted by molar-refractivity contribution is -0.188. The molecule has 0 spiro atoms. The standard InChI is InChI=1S/C11H11ClF3NO2S/c12-6-1-7(19-5-6)2-16-3-8(10(17)18)9(4-16)11(13,14)15/h1,5,8-9H,2-4H2,(H,17,18)/t8-,9-/m1/s1. The summed E-state index contributed by atoms with van der Waals surface area (Å²) >= 11 is 7.10. The quantitative estimate of drug-likeness (QED) is 0.932. The van der Waals surface area contributed by atoms with E-state index < -0.39 is 24.0 Å². The van der Waals surface area contributed by atoms with Crippen LogP contribution in [0.4, 0.5) is 13.2 Å². The highest BCUT2D eigenvalue weighted by Gasteiger charge is 2.52. The van der Waals surface area contributed by atoms with Crippen LogP contribution in [0, 0.1) is 11.8 Å². The number of likely N-dealkylation sites (tertiary alicyclic amines) is 1. The lowest BCUT2D eigenvalue weighted by Gasteiger charge is -2.18. The van der Waals surface area contributed by atoms with Gasteiger partial charge in [0.25, 0.3) is 0 Å². The van der Waals surface area contributed by atoms with Crippen LogP contribution >= 0.6 is 22.9 Å². The summed E-state index contributed by atoms with van der Waals surface area (Å²) in [5.74, 6) is -4.59. The van der Waals surface area contributed by atoms with Crippen LogP contribution in [0.3, 0.4) is 0 Å². The van der Waals surface area contributed by atoms with Gasteiger partial charge in [-0.25, -0.2) is 0 Å². The molecule has 3 nitrogen and oxygen atoms in total. The molecular weight excluding hydrogens is 303 g/mol. The average Bonchev–Trinajstić information content (AvgIpc) is 2.85. The largest absolute Gasteiger partial charge is 0.481 e. The number of halogens is 4. The van der Waals surface area contributed by atoms with Crippen LogP contribution in [0.1, 0.15) is 4.88 Å². The Hall–Kier alpha value is -0.790. The van der Waals surface area contributed by atoms with Crippen molar-refractivity contribution in [3.63, 3.8) is 0 Å². The van der Waals surface area contributed by atoms with Gasteiger partial charge in [-0.3, -0.25) is 9.69 Å². The lowest BCUT2D eigenvalue weighted by Crippen LogP contribution is -2.33. The molecule has 0 saturated carbocycles. The van der Waals surface area contributed by atoms with E-state index in [4.69, 9.17) is 16.7 Å². The topological polar surface area (TPSA) is 40.5 Å². The van der Waals surface area contributed by atoms with E-state index in [1.165, 1.54) is 16.2 Å². The third-order valence-electron chi connectivity index (χ3n) is 3.13. The summed E-state index contributed by atoms with van der Waals surface area (Å²) < 4.78 is 38.3. The Morgan fingerprint density at radius 1 is 1.53 bits per heavy atom. The van der Waals surface area contributed by atoms with Gasteiger partial charge in [0.05, 0.1) is 16.9 Å². The van der Waals surface area contributed by atoms with Crippen molar-refractivity contribution in [2.75, 3.05) is 13.1 Å². The minimum Gasteiger partial charge on any atom is -0.481 e. The first kappa shape index (κ1) is 14.6. The fourth-order valence-electron chi connectivity index (χ4n) is 2.25. The van der Waals surface area contributed by atoms with Crippen LogP contribution in [0.25, 0.3) is 0 Å². The van der Waals surface area contributed by atoms with Crippen molar-refractivity contribution in [2.45, 2.75) is 12.7 Å². The van der Waals surface area contributed by atoms with Gasteiger partial charge in [0.15, 0.2) is 0 Å². The number of thiophene rings is 1. The van der Waals surface area contributed by atoms with E-state index in [2.05, 4.69) is 0 Å². The Labute approximate surface area is 116 Å². The molecule has 1 aliphatic rings. The van der Waals surface area contributed by atoms with Crippen molar-refractivity contribution < 1.29 is 23.1 Å². The van der Waals surface area contributed by atoms with Crippen LogP contribution in [0.5, 0.6) is 0 Å². The molecule has 0 radical (unpaired) electrons. The van der Waals surface area contributed by atoms with Crippen molar-refractivity contribution in [1.29, 1.82) is 0 Å². The molecule has 0 amide bonds. The highest BCUT2D eigenvalue weighted by atomic mass is 35.5. The number of hydrogen-bond donors (Lipinski definition) is 1. The first-order valence-electron chi connectivity index (χ1n) is 5.52.